The molecule has 4 aromatic carbocycles. The van der Waals surface area contributed by atoms with E-state index in [0.29, 0.717) is 0 Å². The van der Waals surface area contributed by atoms with Crippen molar-refractivity contribution in [3.8, 4) is 22.6 Å². The van der Waals surface area contributed by atoms with Crippen molar-refractivity contribution < 1.29 is 9.47 Å². The van der Waals surface area contributed by atoms with Crippen LogP contribution in [0.4, 0.5) is 0 Å². The minimum absolute atomic E-state index is 0.816. The normalized spacial score (nSPS) is 10.9. The quantitative estimate of drug-likeness (QED) is 0.453. The highest BCUT2D eigenvalue weighted by atomic mass is 16.5. The van der Waals surface area contributed by atoms with Crippen LogP contribution in [0.1, 0.15) is 0 Å². The summed E-state index contributed by atoms with van der Waals surface area (Å²) in [5.41, 5.74) is 2.15. The standard InChI is InChI=1S/C22H18O2/c1-23-19-12-7-13-20(24-2)22(19)21-17-10-5-3-8-15(17)14-16-9-4-6-11-18(16)21/h3-14H,1-2H3. The largest absolute Gasteiger partial charge is 0.496 e. The molecule has 4 aromatic rings. The first kappa shape index (κ1) is 14.6. The van der Waals surface area contributed by atoms with Crippen molar-refractivity contribution >= 4 is 21.5 Å². The van der Waals surface area contributed by atoms with Gasteiger partial charge in [0.25, 0.3) is 0 Å². The van der Waals surface area contributed by atoms with Crippen LogP contribution in [0.25, 0.3) is 32.7 Å². The first-order valence-corrected chi connectivity index (χ1v) is 7.95. The Morgan fingerprint density at radius 3 is 1.54 bits per heavy atom. The topological polar surface area (TPSA) is 18.5 Å². The van der Waals surface area contributed by atoms with E-state index < -0.39 is 0 Å². The number of ether oxygens (including phenoxy) is 2. The molecule has 2 nitrogen and oxygen atoms in total. The zero-order valence-corrected chi connectivity index (χ0v) is 13.7. The second kappa shape index (κ2) is 5.89. The lowest BCUT2D eigenvalue weighted by Gasteiger charge is -2.17. The van der Waals surface area contributed by atoms with Gasteiger partial charge < -0.3 is 9.47 Å². The second-order valence-corrected chi connectivity index (χ2v) is 5.73. The first-order valence-electron chi connectivity index (χ1n) is 7.95. The fourth-order valence-electron chi connectivity index (χ4n) is 3.38. The van der Waals surface area contributed by atoms with Crippen molar-refractivity contribution in [2.75, 3.05) is 14.2 Å². The van der Waals surface area contributed by atoms with E-state index in [1.54, 1.807) is 14.2 Å². The number of benzene rings is 4. The Balaban J connectivity index is 2.24. The Morgan fingerprint density at radius 2 is 1.04 bits per heavy atom. The highest BCUT2D eigenvalue weighted by Crippen LogP contribution is 2.45. The molecule has 0 bridgehead atoms. The molecule has 0 radical (unpaired) electrons. The van der Waals surface area contributed by atoms with E-state index in [0.717, 1.165) is 22.6 Å². The molecule has 0 saturated heterocycles. The van der Waals surface area contributed by atoms with E-state index in [1.165, 1.54) is 21.5 Å². The van der Waals surface area contributed by atoms with Gasteiger partial charge in [0, 0.05) is 5.56 Å². The molecule has 0 fully saturated rings. The second-order valence-electron chi connectivity index (χ2n) is 5.73. The molecule has 0 amide bonds. The van der Waals surface area contributed by atoms with Crippen LogP contribution in [0.3, 0.4) is 0 Å². The molecule has 4 rings (SSSR count). The lowest BCUT2D eigenvalue weighted by molar-refractivity contribution is 0.397. The SMILES string of the molecule is COc1cccc(OC)c1-c1c2ccccc2cc2ccccc12. The predicted molar refractivity (Wildman–Crippen MR) is 100.0 cm³/mol. The summed E-state index contributed by atoms with van der Waals surface area (Å²) >= 11 is 0. The molecule has 0 aliphatic rings. The van der Waals surface area contributed by atoms with Crippen molar-refractivity contribution in [1.29, 1.82) is 0 Å². The van der Waals surface area contributed by atoms with E-state index in [4.69, 9.17) is 9.47 Å². The molecule has 0 aromatic heterocycles. The third-order valence-electron chi connectivity index (χ3n) is 4.45. The molecular weight excluding hydrogens is 296 g/mol. The fourth-order valence-corrected chi connectivity index (χ4v) is 3.38. The molecule has 0 aliphatic heterocycles. The summed E-state index contributed by atoms with van der Waals surface area (Å²) in [5, 5.41) is 4.80. The van der Waals surface area contributed by atoms with Crippen LogP contribution >= 0.6 is 0 Å². The maximum absolute atomic E-state index is 5.66. The van der Waals surface area contributed by atoms with Gasteiger partial charge in [-0.3, -0.25) is 0 Å². The van der Waals surface area contributed by atoms with Crippen molar-refractivity contribution in [1.82, 2.24) is 0 Å². The van der Waals surface area contributed by atoms with Crippen LogP contribution in [0.5, 0.6) is 11.5 Å². The van der Waals surface area contributed by atoms with Gasteiger partial charge in [0.05, 0.1) is 19.8 Å². The Hall–Kier alpha value is -3.00. The summed E-state index contributed by atoms with van der Waals surface area (Å²) in [6, 6.07) is 25.0. The Labute approximate surface area is 141 Å². The van der Waals surface area contributed by atoms with Crippen molar-refractivity contribution in [3.05, 3.63) is 72.8 Å². The van der Waals surface area contributed by atoms with Gasteiger partial charge in [-0.25, -0.2) is 0 Å². The van der Waals surface area contributed by atoms with Gasteiger partial charge in [-0.15, -0.1) is 0 Å². The van der Waals surface area contributed by atoms with Gasteiger partial charge in [0.2, 0.25) is 0 Å². The van der Waals surface area contributed by atoms with Gasteiger partial charge >= 0.3 is 0 Å². The molecule has 118 valence electrons. The summed E-state index contributed by atoms with van der Waals surface area (Å²) in [6.45, 7) is 0. The highest BCUT2D eigenvalue weighted by molar-refractivity contribution is 6.14. The lowest BCUT2D eigenvalue weighted by atomic mass is 9.91. The Morgan fingerprint density at radius 1 is 0.542 bits per heavy atom. The van der Waals surface area contributed by atoms with Gasteiger partial charge in [-0.2, -0.15) is 0 Å². The molecule has 2 heteroatoms. The molecule has 0 spiro atoms. The van der Waals surface area contributed by atoms with E-state index in [1.807, 2.05) is 18.2 Å². The van der Waals surface area contributed by atoms with Gasteiger partial charge in [0.15, 0.2) is 0 Å². The molecule has 0 aliphatic carbocycles. The highest BCUT2D eigenvalue weighted by Gasteiger charge is 2.17. The van der Waals surface area contributed by atoms with E-state index in [-0.39, 0.29) is 0 Å². The van der Waals surface area contributed by atoms with Crippen LogP contribution in [-0.2, 0) is 0 Å². The zero-order valence-electron chi connectivity index (χ0n) is 13.7. The average molecular weight is 314 g/mol. The third-order valence-corrected chi connectivity index (χ3v) is 4.45. The van der Waals surface area contributed by atoms with Crippen molar-refractivity contribution in [2.24, 2.45) is 0 Å². The number of rotatable bonds is 3. The van der Waals surface area contributed by atoms with E-state index in [2.05, 4.69) is 54.6 Å². The van der Waals surface area contributed by atoms with Crippen LogP contribution in [0.15, 0.2) is 72.8 Å². The summed E-state index contributed by atoms with van der Waals surface area (Å²) in [4.78, 5) is 0. The van der Waals surface area contributed by atoms with Crippen LogP contribution in [-0.4, -0.2) is 14.2 Å². The third kappa shape index (κ3) is 2.19. The Kier molecular flexibility index (Phi) is 3.58. The summed E-state index contributed by atoms with van der Waals surface area (Å²) in [6.07, 6.45) is 0. The van der Waals surface area contributed by atoms with Gasteiger partial charge in [0.1, 0.15) is 11.5 Å². The molecule has 0 N–H and O–H groups in total. The predicted octanol–water partition coefficient (Wildman–Crippen LogP) is 5.68. The molecule has 0 saturated carbocycles. The number of fused-ring (bicyclic) bond motifs is 2. The zero-order chi connectivity index (χ0) is 16.5. The monoisotopic (exact) mass is 314 g/mol. The number of methoxy groups -OCH3 is 2. The molecule has 0 atom stereocenters. The first-order chi connectivity index (χ1) is 11.8. The minimum atomic E-state index is 0.816. The summed E-state index contributed by atoms with van der Waals surface area (Å²) in [7, 11) is 3.40. The maximum Gasteiger partial charge on any atom is 0.130 e. The average Bonchev–Trinajstić information content (AvgIpc) is 2.65. The lowest BCUT2D eigenvalue weighted by Crippen LogP contribution is -1.94. The van der Waals surface area contributed by atoms with Crippen molar-refractivity contribution in [3.63, 3.8) is 0 Å². The maximum atomic E-state index is 5.66. The fraction of sp³-hybridized carbons (Fsp3) is 0.0909. The van der Waals surface area contributed by atoms with Crippen molar-refractivity contribution in [2.45, 2.75) is 0 Å². The van der Waals surface area contributed by atoms with Gasteiger partial charge in [-0.05, 0) is 39.7 Å². The number of hydrogen-bond donors (Lipinski definition) is 0. The molecule has 0 unspecified atom stereocenters. The van der Waals surface area contributed by atoms with E-state index >= 15 is 0 Å². The molecule has 24 heavy (non-hydrogen) atoms. The van der Waals surface area contributed by atoms with Gasteiger partial charge in [-0.1, -0.05) is 54.6 Å². The minimum Gasteiger partial charge on any atom is -0.496 e. The van der Waals surface area contributed by atoms with E-state index in [9.17, 15) is 0 Å². The summed E-state index contributed by atoms with van der Waals surface area (Å²) in [5.74, 6) is 1.63. The molecular formula is C22H18O2. The van der Waals surface area contributed by atoms with Crippen LogP contribution in [0, 0.1) is 0 Å². The number of hydrogen-bond acceptors (Lipinski definition) is 2. The Bertz CT molecular complexity index is 958. The molecule has 0 heterocycles. The van der Waals surface area contributed by atoms with Crippen LogP contribution < -0.4 is 9.47 Å². The summed E-state index contributed by atoms with van der Waals surface area (Å²) < 4.78 is 11.3. The van der Waals surface area contributed by atoms with Crippen LogP contribution in [0.2, 0.25) is 0 Å². The smallest absolute Gasteiger partial charge is 0.130 e.